The van der Waals surface area contributed by atoms with Gasteiger partial charge in [-0.1, -0.05) is 49.7 Å². The molecule has 0 saturated heterocycles. The molecule has 1 aliphatic carbocycles. The van der Waals surface area contributed by atoms with Crippen molar-refractivity contribution in [1.29, 1.82) is 5.26 Å². The van der Waals surface area contributed by atoms with Gasteiger partial charge in [-0.2, -0.15) is 5.26 Å². The fourth-order valence-corrected chi connectivity index (χ4v) is 4.89. The molecule has 2 heterocycles. The van der Waals surface area contributed by atoms with E-state index in [1.807, 2.05) is 20.8 Å². The van der Waals surface area contributed by atoms with E-state index in [0.717, 1.165) is 29.9 Å². The zero-order valence-electron chi connectivity index (χ0n) is 25.4. The number of carbonyl (C=O) groups is 1. The molecule has 236 valence electrons. The van der Waals surface area contributed by atoms with Crippen molar-refractivity contribution in [2.24, 2.45) is 5.41 Å². The SMILES string of the molecule is [2H][C@@](c1ccc(F)cc1)(c1cn(C2CC2)nn1)N(C(=O)OCOP(=O)(O)O)c1cc(Cl)c2ncc(C#N)c(NCC(C)(C)C)c2c1. The lowest BCUT2D eigenvalue weighted by Crippen LogP contribution is -2.37. The largest absolute Gasteiger partial charge is 0.472 e. The van der Waals surface area contributed by atoms with Crippen LogP contribution in [-0.2, 0) is 13.8 Å². The fourth-order valence-electron chi connectivity index (χ4n) is 4.44. The number of nitriles is 1. The van der Waals surface area contributed by atoms with Crippen LogP contribution in [0.1, 0.15) is 63.9 Å². The van der Waals surface area contributed by atoms with Crippen LogP contribution in [0, 0.1) is 22.6 Å². The molecule has 1 amide bonds. The zero-order chi connectivity index (χ0) is 33.4. The number of ether oxygens (including phenoxy) is 1. The van der Waals surface area contributed by atoms with Gasteiger partial charge in [0, 0.05) is 18.1 Å². The Balaban J connectivity index is 1.75. The Morgan fingerprint density at radius 1 is 1.33 bits per heavy atom. The van der Waals surface area contributed by atoms with Crippen molar-refractivity contribution >= 4 is 47.8 Å². The summed E-state index contributed by atoms with van der Waals surface area (Å²) in [5, 5.41) is 21.9. The van der Waals surface area contributed by atoms with Crippen LogP contribution in [0.5, 0.6) is 0 Å². The van der Waals surface area contributed by atoms with Crippen molar-refractivity contribution in [3.8, 4) is 6.07 Å². The molecule has 0 aliphatic heterocycles. The number of fused-ring (bicyclic) bond motifs is 1. The van der Waals surface area contributed by atoms with Gasteiger partial charge in [-0.05, 0) is 48.1 Å². The Labute approximate surface area is 264 Å². The van der Waals surface area contributed by atoms with Crippen LogP contribution in [0.15, 0.2) is 48.8 Å². The maximum absolute atomic E-state index is 14.1. The van der Waals surface area contributed by atoms with Gasteiger partial charge in [0.05, 0.1) is 41.1 Å². The first-order valence-corrected chi connectivity index (χ1v) is 15.6. The topological polar surface area (TPSA) is 176 Å². The molecular formula is C29H30ClFN7O6P. The molecule has 1 aliphatic rings. The van der Waals surface area contributed by atoms with Crippen molar-refractivity contribution < 1.29 is 34.2 Å². The molecule has 16 heteroatoms. The number of aromatic nitrogens is 4. The predicted octanol–water partition coefficient (Wildman–Crippen LogP) is 6.08. The molecule has 1 saturated carbocycles. The van der Waals surface area contributed by atoms with Crippen molar-refractivity contribution in [3.63, 3.8) is 0 Å². The van der Waals surface area contributed by atoms with E-state index in [2.05, 4.69) is 31.2 Å². The summed E-state index contributed by atoms with van der Waals surface area (Å²) in [6, 6.07) is 7.47. The first kappa shape index (κ1) is 30.9. The Morgan fingerprint density at radius 2 is 2.04 bits per heavy atom. The number of anilines is 2. The summed E-state index contributed by atoms with van der Waals surface area (Å²) >= 11 is 6.73. The van der Waals surface area contributed by atoms with Crippen molar-refractivity contribution in [2.45, 2.75) is 45.7 Å². The van der Waals surface area contributed by atoms with Gasteiger partial charge < -0.3 is 19.8 Å². The summed E-state index contributed by atoms with van der Waals surface area (Å²) in [6.45, 7) is 5.26. The first-order valence-electron chi connectivity index (χ1n) is 14.2. The quantitative estimate of drug-likeness (QED) is 0.133. The normalized spacial score (nSPS) is 15.2. The minimum Gasteiger partial charge on any atom is -0.421 e. The van der Waals surface area contributed by atoms with E-state index in [-0.39, 0.29) is 44.5 Å². The molecule has 2 aromatic heterocycles. The minimum absolute atomic E-state index is 0.0446. The van der Waals surface area contributed by atoms with Crippen molar-refractivity contribution in [3.05, 3.63) is 76.5 Å². The van der Waals surface area contributed by atoms with Gasteiger partial charge in [0.2, 0.25) is 6.79 Å². The number of carbonyl (C=O) groups excluding carboxylic acids is 1. The zero-order valence-corrected chi connectivity index (χ0v) is 26.1. The summed E-state index contributed by atoms with van der Waals surface area (Å²) in [4.78, 5) is 37.5. The number of phosphoric acid groups is 1. The minimum atomic E-state index is -5.04. The monoisotopic (exact) mass is 658 g/mol. The molecule has 1 fully saturated rings. The number of hydrogen-bond donors (Lipinski definition) is 3. The van der Waals surface area contributed by atoms with Gasteiger partial charge >= 0.3 is 13.9 Å². The third-order valence-electron chi connectivity index (χ3n) is 6.68. The highest BCUT2D eigenvalue weighted by Crippen LogP contribution is 2.41. The van der Waals surface area contributed by atoms with Gasteiger partial charge in [0.25, 0.3) is 0 Å². The average molecular weight is 659 g/mol. The van der Waals surface area contributed by atoms with Gasteiger partial charge in [-0.25, -0.2) is 23.0 Å². The van der Waals surface area contributed by atoms with E-state index in [1.165, 1.54) is 36.7 Å². The summed E-state index contributed by atoms with van der Waals surface area (Å²) in [6.07, 6.45) is 3.25. The molecule has 1 atom stereocenters. The van der Waals surface area contributed by atoms with Crippen LogP contribution in [0.25, 0.3) is 10.9 Å². The number of pyridine rings is 1. The summed E-state index contributed by atoms with van der Waals surface area (Å²) in [5.41, 5.74) is 0.621. The highest BCUT2D eigenvalue weighted by Gasteiger charge is 2.35. The third kappa shape index (κ3) is 7.76. The molecule has 45 heavy (non-hydrogen) atoms. The Hall–Kier alpha value is -4.12. The summed E-state index contributed by atoms with van der Waals surface area (Å²) < 4.78 is 46.4. The smallest absolute Gasteiger partial charge is 0.421 e. The van der Waals surface area contributed by atoms with Crippen molar-refractivity contribution in [1.82, 2.24) is 20.0 Å². The number of nitrogens with zero attached hydrogens (tertiary/aromatic N) is 6. The lowest BCUT2D eigenvalue weighted by molar-refractivity contribution is 0.0427. The second kappa shape index (κ2) is 12.7. The molecular weight excluding hydrogens is 628 g/mol. The number of phosphoric ester groups is 1. The predicted molar refractivity (Wildman–Crippen MR) is 163 cm³/mol. The van der Waals surface area contributed by atoms with Crippen LogP contribution in [0.3, 0.4) is 0 Å². The number of nitrogens with one attached hydrogen (secondary N) is 1. The van der Waals surface area contributed by atoms with E-state index in [9.17, 15) is 20.4 Å². The van der Waals surface area contributed by atoms with Crippen LogP contribution >= 0.6 is 19.4 Å². The molecule has 13 nitrogen and oxygen atoms in total. The number of rotatable bonds is 10. The highest BCUT2D eigenvalue weighted by molar-refractivity contribution is 7.46. The number of hydrogen-bond acceptors (Lipinski definition) is 9. The number of benzene rings is 2. The van der Waals surface area contributed by atoms with Crippen LogP contribution in [0.2, 0.25) is 5.02 Å². The molecule has 0 bridgehead atoms. The van der Waals surface area contributed by atoms with Gasteiger partial charge in [-0.3, -0.25) is 9.88 Å². The van der Waals surface area contributed by atoms with E-state index in [1.54, 1.807) is 4.68 Å². The molecule has 0 unspecified atom stereocenters. The average Bonchev–Trinajstić information content (AvgIpc) is 3.70. The maximum Gasteiger partial charge on any atom is 0.472 e. The third-order valence-corrected chi connectivity index (χ3v) is 7.41. The lowest BCUT2D eigenvalue weighted by Gasteiger charge is -2.31. The Kier molecular flexibility index (Phi) is 8.72. The summed E-state index contributed by atoms with van der Waals surface area (Å²) in [5.74, 6) is -0.602. The first-order chi connectivity index (χ1) is 21.6. The van der Waals surface area contributed by atoms with E-state index < -0.39 is 32.5 Å². The van der Waals surface area contributed by atoms with Gasteiger partial charge in [-0.15, -0.1) is 5.10 Å². The van der Waals surface area contributed by atoms with Crippen molar-refractivity contribution in [2.75, 3.05) is 23.6 Å². The van der Waals surface area contributed by atoms with Crippen LogP contribution in [0.4, 0.5) is 20.6 Å². The second-order valence-corrected chi connectivity index (χ2v) is 13.2. The van der Waals surface area contributed by atoms with Gasteiger partial charge in [0.15, 0.2) is 0 Å². The molecule has 4 aromatic rings. The standard InChI is InChI=1S/C29H30ClFN7O6P/c1-29(2,3)15-34-25-18(12-32)13-33-26-22(25)10-21(11-23(26)30)38(28(39)43-16-44-45(40,41)42)27(17-4-6-19(31)7-5-17)24-14-37(36-35-24)20-8-9-20/h4-7,10-11,13-14,20,27H,8-9,15-16H2,1-3H3,(H,33,34)(H2,40,41,42)/t27-/m1/s1/i27D. The Bertz CT molecular complexity index is 1870. The fraction of sp³-hybridized carbons (Fsp3) is 0.345. The lowest BCUT2D eigenvalue weighted by atomic mass is 9.96. The van der Waals surface area contributed by atoms with E-state index in [4.69, 9.17) is 26.1 Å². The van der Waals surface area contributed by atoms with Crippen LogP contribution < -0.4 is 10.2 Å². The number of halogens is 2. The molecule has 5 rings (SSSR count). The summed E-state index contributed by atoms with van der Waals surface area (Å²) in [7, 11) is -5.04. The molecule has 2 aromatic carbocycles. The van der Waals surface area contributed by atoms with Gasteiger partial charge in [0.1, 0.15) is 23.6 Å². The molecule has 3 N–H and O–H groups in total. The van der Waals surface area contributed by atoms with Crippen LogP contribution in [-0.4, -0.2) is 49.2 Å². The Morgan fingerprint density at radius 3 is 2.67 bits per heavy atom. The molecule has 0 spiro atoms. The van der Waals surface area contributed by atoms with E-state index in [0.29, 0.717) is 17.6 Å². The highest BCUT2D eigenvalue weighted by atomic mass is 35.5. The maximum atomic E-state index is 14.1. The van der Waals surface area contributed by atoms with E-state index >= 15 is 0 Å². The number of amides is 1. The second-order valence-electron chi connectivity index (χ2n) is 11.6. The molecule has 0 radical (unpaired) electrons.